The van der Waals surface area contributed by atoms with Crippen LogP contribution in [0, 0.1) is 20.8 Å². The lowest BCUT2D eigenvalue weighted by Gasteiger charge is -2.11. The third-order valence-corrected chi connectivity index (χ3v) is 6.10. The summed E-state index contributed by atoms with van der Waals surface area (Å²) >= 11 is 0. The van der Waals surface area contributed by atoms with Crippen molar-refractivity contribution in [3.63, 3.8) is 0 Å². The molecule has 0 fully saturated rings. The molecule has 0 unspecified atom stereocenters. The minimum Gasteiger partial charge on any atom is -0.496 e. The van der Waals surface area contributed by atoms with Crippen LogP contribution in [0.15, 0.2) is 22.9 Å². The molecule has 0 radical (unpaired) electrons. The quantitative estimate of drug-likeness (QED) is 0.331. The molecule has 9 nitrogen and oxygen atoms in total. The van der Waals surface area contributed by atoms with Crippen molar-refractivity contribution in [3.8, 4) is 16.9 Å². The van der Waals surface area contributed by atoms with Crippen molar-refractivity contribution in [2.24, 2.45) is 0 Å². The maximum atomic E-state index is 5.80. The molecule has 0 aliphatic heterocycles. The van der Waals surface area contributed by atoms with E-state index < -0.39 is 0 Å². The number of aromatic amines is 1. The number of rotatable bonds is 6. The highest BCUT2D eigenvalue weighted by Crippen LogP contribution is 2.41. The summed E-state index contributed by atoms with van der Waals surface area (Å²) in [7, 11) is 1.67. The van der Waals surface area contributed by atoms with Gasteiger partial charge < -0.3 is 19.6 Å². The number of nitrogens with zero attached hydrogens (tertiary/aromatic N) is 5. The van der Waals surface area contributed by atoms with E-state index in [1.54, 1.807) is 7.11 Å². The summed E-state index contributed by atoms with van der Waals surface area (Å²) < 4.78 is 13.1. The number of methoxy groups -OCH3 is 1. The van der Waals surface area contributed by atoms with Crippen molar-refractivity contribution in [3.05, 3.63) is 41.3 Å². The second-order valence-corrected chi connectivity index (χ2v) is 8.83. The Morgan fingerprint density at radius 3 is 2.62 bits per heavy atom. The van der Waals surface area contributed by atoms with E-state index in [4.69, 9.17) is 19.3 Å². The number of hydrogen-bond donors (Lipinski definition) is 2. The maximum absolute atomic E-state index is 5.80. The summed E-state index contributed by atoms with van der Waals surface area (Å²) in [6, 6.07) is 4.09. The van der Waals surface area contributed by atoms with Crippen molar-refractivity contribution in [1.82, 2.24) is 29.9 Å². The molecule has 0 amide bonds. The number of aryl methyl sites for hydroxylation is 4. The average Bonchev–Trinajstić information content (AvgIpc) is 3.47. The number of H-pyrrole nitrogens is 1. The molecule has 5 rings (SSSR count). The van der Waals surface area contributed by atoms with Gasteiger partial charge in [0.1, 0.15) is 28.8 Å². The summed E-state index contributed by atoms with van der Waals surface area (Å²) in [5, 5.41) is 14.3. The van der Waals surface area contributed by atoms with Gasteiger partial charge in [-0.25, -0.2) is 9.97 Å². The van der Waals surface area contributed by atoms with Crippen molar-refractivity contribution < 1.29 is 9.26 Å². The van der Waals surface area contributed by atoms with Gasteiger partial charge in [0.15, 0.2) is 0 Å². The Labute approximate surface area is 197 Å². The van der Waals surface area contributed by atoms with Gasteiger partial charge in [0.25, 0.3) is 0 Å². The van der Waals surface area contributed by atoms with Gasteiger partial charge in [0.05, 0.1) is 35.1 Å². The van der Waals surface area contributed by atoms with Crippen LogP contribution in [0.25, 0.3) is 33.1 Å². The normalized spacial score (nSPS) is 11.8. The summed E-state index contributed by atoms with van der Waals surface area (Å²) in [4.78, 5) is 12.9. The number of ether oxygens (including phenoxy) is 1. The van der Waals surface area contributed by atoms with E-state index in [0.29, 0.717) is 5.82 Å². The third kappa shape index (κ3) is 3.48. The van der Waals surface area contributed by atoms with Crippen molar-refractivity contribution in [2.75, 3.05) is 12.4 Å². The summed E-state index contributed by atoms with van der Waals surface area (Å²) in [6.07, 6.45) is 2.03. The number of aromatic nitrogens is 6. The van der Waals surface area contributed by atoms with E-state index in [2.05, 4.69) is 47.3 Å². The summed E-state index contributed by atoms with van der Waals surface area (Å²) in [5.74, 6) is 3.16. The van der Waals surface area contributed by atoms with Crippen LogP contribution in [0.2, 0.25) is 0 Å². The molecule has 0 aliphatic rings. The van der Waals surface area contributed by atoms with Crippen LogP contribution in [0.4, 0.5) is 11.5 Å². The molecule has 5 aromatic rings. The highest BCUT2D eigenvalue weighted by molar-refractivity contribution is 6.13. The van der Waals surface area contributed by atoms with Gasteiger partial charge in [-0.3, -0.25) is 4.68 Å². The van der Waals surface area contributed by atoms with E-state index >= 15 is 0 Å². The highest BCUT2D eigenvalue weighted by atomic mass is 16.5. The Hall–Kier alpha value is -3.88. The van der Waals surface area contributed by atoms with E-state index in [0.717, 1.165) is 74.0 Å². The standard InChI is InChI=1S/C25H29N7O2/c1-8-32-11-19(23(30-32)12(2)3)29-25-22-16-10-20(33-7)17(21-13(4)31-34-14(21)5)9-18(16)28-24(22)26-15(6)27-25/h9-12H,8H2,1-7H3,(H2,26,27,28,29). The molecule has 0 spiro atoms. The molecule has 2 N–H and O–H groups in total. The zero-order valence-corrected chi connectivity index (χ0v) is 20.6. The van der Waals surface area contributed by atoms with E-state index in [1.165, 1.54) is 0 Å². The van der Waals surface area contributed by atoms with Gasteiger partial charge in [0, 0.05) is 29.2 Å². The molecule has 9 heteroatoms. The largest absolute Gasteiger partial charge is 0.496 e. The first-order chi connectivity index (χ1) is 16.3. The smallest absolute Gasteiger partial charge is 0.144 e. The van der Waals surface area contributed by atoms with Gasteiger partial charge in [-0.15, -0.1) is 0 Å². The highest BCUT2D eigenvalue weighted by Gasteiger charge is 2.21. The van der Waals surface area contributed by atoms with E-state index in [-0.39, 0.29) is 5.92 Å². The minimum absolute atomic E-state index is 0.273. The first-order valence-corrected chi connectivity index (χ1v) is 11.5. The Morgan fingerprint density at radius 2 is 1.97 bits per heavy atom. The number of fused-ring (bicyclic) bond motifs is 3. The topological polar surface area (TPSA) is 107 Å². The molecule has 4 heterocycles. The Kier molecular flexibility index (Phi) is 5.27. The van der Waals surface area contributed by atoms with Crippen LogP contribution in [-0.4, -0.2) is 37.0 Å². The molecule has 176 valence electrons. The van der Waals surface area contributed by atoms with Crippen molar-refractivity contribution in [1.29, 1.82) is 0 Å². The van der Waals surface area contributed by atoms with E-state index in [9.17, 15) is 0 Å². The molecule has 34 heavy (non-hydrogen) atoms. The first-order valence-electron chi connectivity index (χ1n) is 11.5. The summed E-state index contributed by atoms with van der Waals surface area (Å²) in [6.45, 7) is 12.9. The van der Waals surface area contributed by atoms with Crippen LogP contribution < -0.4 is 10.1 Å². The van der Waals surface area contributed by atoms with Gasteiger partial charge >= 0.3 is 0 Å². The van der Waals surface area contributed by atoms with Crippen LogP contribution in [0.3, 0.4) is 0 Å². The van der Waals surface area contributed by atoms with Gasteiger partial charge in [-0.1, -0.05) is 19.0 Å². The zero-order valence-electron chi connectivity index (χ0n) is 20.6. The molecule has 4 aromatic heterocycles. The third-order valence-electron chi connectivity index (χ3n) is 6.10. The summed E-state index contributed by atoms with van der Waals surface area (Å²) in [5.41, 5.74) is 6.32. The fourth-order valence-electron chi connectivity index (χ4n) is 4.51. The Balaban J connectivity index is 1.73. The van der Waals surface area contributed by atoms with Crippen LogP contribution in [0.1, 0.15) is 49.7 Å². The molecule has 1 aromatic carbocycles. The van der Waals surface area contributed by atoms with Gasteiger partial charge in [-0.05, 0) is 45.7 Å². The van der Waals surface area contributed by atoms with Crippen LogP contribution in [0.5, 0.6) is 5.75 Å². The molecule has 0 atom stereocenters. The SMILES string of the molecule is CCn1cc(Nc2nc(C)nc3[nH]c4cc(-c5c(C)noc5C)c(OC)cc4c23)c(C(C)C)n1. The molecule has 0 saturated carbocycles. The number of nitrogens with one attached hydrogen (secondary N) is 2. The second kappa shape index (κ2) is 8.16. The molecule has 0 bridgehead atoms. The lowest BCUT2D eigenvalue weighted by molar-refractivity contribution is 0.393. The Morgan fingerprint density at radius 1 is 1.18 bits per heavy atom. The van der Waals surface area contributed by atoms with Crippen molar-refractivity contribution in [2.45, 2.75) is 54.0 Å². The number of anilines is 2. The number of hydrogen-bond acceptors (Lipinski definition) is 7. The lowest BCUT2D eigenvalue weighted by atomic mass is 10.0. The number of benzene rings is 1. The molecular formula is C25H29N7O2. The first kappa shape index (κ1) is 21.9. The molecule has 0 aliphatic carbocycles. The lowest BCUT2D eigenvalue weighted by Crippen LogP contribution is -2.01. The van der Waals surface area contributed by atoms with Crippen molar-refractivity contribution >= 4 is 33.4 Å². The predicted molar refractivity (Wildman–Crippen MR) is 133 cm³/mol. The predicted octanol–water partition coefficient (Wildman–Crippen LogP) is 5.78. The van der Waals surface area contributed by atoms with Gasteiger partial charge in [-0.2, -0.15) is 5.10 Å². The van der Waals surface area contributed by atoms with E-state index in [1.807, 2.05) is 37.7 Å². The van der Waals surface area contributed by atoms with Crippen LogP contribution in [-0.2, 0) is 6.54 Å². The van der Waals surface area contributed by atoms with Crippen LogP contribution >= 0.6 is 0 Å². The second-order valence-electron chi connectivity index (χ2n) is 8.83. The fourth-order valence-corrected chi connectivity index (χ4v) is 4.51. The Bertz CT molecular complexity index is 1500. The molecular weight excluding hydrogens is 430 g/mol. The monoisotopic (exact) mass is 459 g/mol. The fraction of sp³-hybridized carbons (Fsp3) is 0.360. The van der Waals surface area contributed by atoms with Gasteiger partial charge in [0.2, 0.25) is 0 Å². The minimum atomic E-state index is 0.273. The molecule has 0 saturated heterocycles. The zero-order chi connectivity index (χ0) is 24.1. The average molecular weight is 460 g/mol. The maximum Gasteiger partial charge on any atom is 0.144 e.